The van der Waals surface area contributed by atoms with Gasteiger partial charge < -0.3 is 19.7 Å². The zero-order valence-corrected chi connectivity index (χ0v) is 12.6. The van der Waals surface area contributed by atoms with E-state index in [2.05, 4.69) is 5.32 Å². The fourth-order valence-corrected chi connectivity index (χ4v) is 3.05. The number of aromatic nitrogens is 1. The molecule has 1 fully saturated rings. The lowest BCUT2D eigenvalue weighted by Crippen LogP contribution is -2.55. The minimum atomic E-state index is -1.30. The second-order valence-corrected chi connectivity index (χ2v) is 5.96. The first-order chi connectivity index (χ1) is 9.94. The molecule has 1 aromatic rings. The highest BCUT2D eigenvalue weighted by molar-refractivity contribution is 7.07. The number of hydrogen-bond donors (Lipinski definition) is 2. The number of carbonyl (C=O) groups is 2. The second-order valence-electron chi connectivity index (χ2n) is 5.14. The molecule has 21 heavy (non-hydrogen) atoms. The fourth-order valence-electron chi connectivity index (χ4n) is 2.29. The van der Waals surface area contributed by atoms with Gasteiger partial charge in [0, 0.05) is 37.1 Å². The molecule has 1 aromatic heterocycles. The number of amides is 1. The molecular weight excluding hydrogens is 296 g/mol. The lowest BCUT2D eigenvalue weighted by atomic mass is 9.98. The molecule has 1 aliphatic rings. The zero-order chi connectivity index (χ0) is 15.5. The monoisotopic (exact) mass is 314 g/mol. The zero-order valence-electron chi connectivity index (χ0n) is 11.8. The predicted molar refractivity (Wildman–Crippen MR) is 76.5 cm³/mol. The molecule has 1 saturated heterocycles. The van der Waals surface area contributed by atoms with E-state index in [1.54, 1.807) is 9.95 Å². The van der Waals surface area contributed by atoms with Gasteiger partial charge in [0.25, 0.3) is 0 Å². The lowest BCUT2D eigenvalue weighted by molar-refractivity contribution is -0.147. The van der Waals surface area contributed by atoms with Crippen molar-refractivity contribution in [2.45, 2.75) is 38.3 Å². The average molecular weight is 314 g/mol. The molecule has 7 nitrogen and oxygen atoms in total. The largest absolute Gasteiger partial charge is 0.479 e. The van der Waals surface area contributed by atoms with Crippen molar-refractivity contribution in [3.05, 3.63) is 20.7 Å². The summed E-state index contributed by atoms with van der Waals surface area (Å²) in [5.74, 6) is -1.40. The van der Waals surface area contributed by atoms with Gasteiger partial charge in [-0.2, -0.15) is 0 Å². The minimum Gasteiger partial charge on any atom is -0.479 e. The average Bonchev–Trinajstić information content (AvgIpc) is 3.01. The number of thiazole rings is 1. The highest BCUT2D eigenvalue weighted by atomic mass is 32.1. The molecule has 1 atom stereocenters. The number of carboxylic acids is 1. The summed E-state index contributed by atoms with van der Waals surface area (Å²) in [6, 6.07) is 0. The van der Waals surface area contributed by atoms with Crippen LogP contribution in [0.5, 0.6) is 0 Å². The van der Waals surface area contributed by atoms with Crippen LogP contribution in [-0.2, 0) is 20.9 Å². The van der Waals surface area contributed by atoms with Crippen LogP contribution in [0.1, 0.15) is 25.0 Å². The maximum absolute atomic E-state index is 11.9. The molecule has 0 aromatic carbocycles. The van der Waals surface area contributed by atoms with Crippen molar-refractivity contribution in [1.82, 2.24) is 9.88 Å². The molecule has 116 valence electrons. The number of ether oxygens (including phenoxy) is 1. The normalized spacial score (nSPS) is 21.4. The summed E-state index contributed by atoms with van der Waals surface area (Å²) in [6.45, 7) is 2.62. The van der Waals surface area contributed by atoms with Gasteiger partial charge in [-0.25, -0.2) is 4.79 Å². The number of carboxylic acid groups (broad SMARTS) is 1. The van der Waals surface area contributed by atoms with Gasteiger partial charge >= 0.3 is 10.8 Å². The maximum Gasteiger partial charge on any atom is 0.331 e. The first-order valence-corrected chi connectivity index (χ1v) is 7.60. The summed E-state index contributed by atoms with van der Waals surface area (Å²) >= 11 is 1.13. The van der Waals surface area contributed by atoms with Gasteiger partial charge in [-0.3, -0.25) is 9.59 Å². The van der Waals surface area contributed by atoms with E-state index in [0.717, 1.165) is 17.0 Å². The summed E-state index contributed by atoms with van der Waals surface area (Å²) in [6.07, 6.45) is 0.938. The standard InChI is InChI=1S/C13H18N2O5S/c1-9-7-21-12(19)15(9)5-2-3-10(16)14-13(11(17)18)4-6-20-8-13/h7H,2-6,8H2,1H3,(H,14,16)(H,17,18). The number of nitrogens with one attached hydrogen (secondary N) is 1. The van der Waals surface area contributed by atoms with E-state index in [9.17, 15) is 19.5 Å². The number of aryl methyl sites for hydroxylation is 1. The van der Waals surface area contributed by atoms with Gasteiger partial charge in [0.2, 0.25) is 5.91 Å². The van der Waals surface area contributed by atoms with Gasteiger partial charge in [0.1, 0.15) is 0 Å². The third-order valence-electron chi connectivity index (χ3n) is 3.57. The Morgan fingerprint density at radius 2 is 2.33 bits per heavy atom. The van der Waals surface area contributed by atoms with Crippen molar-refractivity contribution in [2.24, 2.45) is 0 Å². The van der Waals surface area contributed by atoms with Gasteiger partial charge in [0.05, 0.1) is 6.61 Å². The lowest BCUT2D eigenvalue weighted by Gasteiger charge is -2.23. The highest BCUT2D eigenvalue weighted by Crippen LogP contribution is 2.19. The van der Waals surface area contributed by atoms with E-state index >= 15 is 0 Å². The Morgan fingerprint density at radius 1 is 1.57 bits per heavy atom. The quantitative estimate of drug-likeness (QED) is 0.790. The van der Waals surface area contributed by atoms with Crippen LogP contribution in [0, 0.1) is 6.92 Å². The third-order valence-corrected chi connectivity index (χ3v) is 4.45. The van der Waals surface area contributed by atoms with Gasteiger partial charge in [-0.05, 0) is 13.3 Å². The molecule has 2 rings (SSSR count). The summed E-state index contributed by atoms with van der Waals surface area (Å²) in [5, 5.41) is 13.6. The van der Waals surface area contributed by atoms with Crippen molar-refractivity contribution in [1.29, 1.82) is 0 Å². The molecule has 2 heterocycles. The van der Waals surface area contributed by atoms with E-state index in [1.165, 1.54) is 0 Å². The SMILES string of the molecule is Cc1csc(=O)n1CCCC(=O)NC1(C(=O)O)CCOC1. The van der Waals surface area contributed by atoms with Crippen LogP contribution in [0.25, 0.3) is 0 Å². The number of carbonyl (C=O) groups excluding carboxylic acids is 1. The maximum atomic E-state index is 11.9. The second kappa shape index (κ2) is 6.40. The topological polar surface area (TPSA) is 97.6 Å². The van der Waals surface area contributed by atoms with Gasteiger partial charge in [-0.1, -0.05) is 11.3 Å². The van der Waals surface area contributed by atoms with Crippen molar-refractivity contribution >= 4 is 23.2 Å². The Morgan fingerprint density at radius 3 is 2.86 bits per heavy atom. The Balaban J connectivity index is 1.85. The first kappa shape index (κ1) is 15.7. The van der Waals surface area contributed by atoms with Gasteiger partial charge in [-0.15, -0.1) is 0 Å². The number of rotatable bonds is 6. The molecule has 0 saturated carbocycles. The highest BCUT2D eigenvalue weighted by Gasteiger charge is 2.43. The van der Waals surface area contributed by atoms with Crippen LogP contribution in [0.15, 0.2) is 10.2 Å². The molecule has 0 spiro atoms. The summed E-state index contributed by atoms with van der Waals surface area (Å²) < 4.78 is 6.69. The predicted octanol–water partition coefficient (Wildman–Crippen LogP) is 0.358. The smallest absolute Gasteiger partial charge is 0.331 e. The number of aliphatic carboxylic acids is 1. The molecule has 0 aliphatic carbocycles. The van der Waals surface area contributed by atoms with E-state index < -0.39 is 11.5 Å². The van der Waals surface area contributed by atoms with E-state index in [4.69, 9.17) is 4.74 Å². The van der Waals surface area contributed by atoms with Crippen molar-refractivity contribution in [3.63, 3.8) is 0 Å². The van der Waals surface area contributed by atoms with Crippen molar-refractivity contribution in [3.8, 4) is 0 Å². The van der Waals surface area contributed by atoms with Crippen LogP contribution in [0.4, 0.5) is 0 Å². The summed E-state index contributed by atoms with van der Waals surface area (Å²) in [5.41, 5.74) is -0.428. The van der Waals surface area contributed by atoms with E-state index in [1.807, 2.05) is 6.92 Å². The van der Waals surface area contributed by atoms with E-state index in [0.29, 0.717) is 19.6 Å². The van der Waals surface area contributed by atoms with Crippen molar-refractivity contribution < 1.29 is 19.4 Å². The van der Waals surface area contributed by atoms with Crippen LogP contribution in [0.2, 0.25) is 0 Å². The minimum absolute atomic E-state index is 0.00281. The van der Waals surface area contributed by atoms with E-state index in [-0.39, 0.29) is 30.2 Å². The summed E-state index contributed by atoms with van der Waals surface area (Å²) in [4.78, 5) is 34.6. The molecule has 2 N–H and O–H groups in total. The van der Waals surface area contributed by atoms with Crippen LogP contribution >= 0.6 is 11.3 Å². The van der Waals surface area contributed by atoms with Crippen LogP contribution in [0.3, 0.4) is 0 Å². The Bertz CT molecular complexity index is 586. The third kappa shape index (κ3) is 3.51. The molecule has 0 radical (unpaired) electrons. The summed E-state index contributed by atoms with van der Waals surface area (Å²) in [7, 11) is 0. The molecular formula is C13H18N2O5S. The van der Waals surface area contributed by atoms with Gasteiger partial charge in [0.15, 0.2) is 5.54 Å². The number of hydrogen-bond acceptors (Lipinski definition) is 5. The molecule has 1 unspecified atom stereocenters. The number of nitrogens with zero attached hydrogens (tertiary/aromatic N) is 1. The molecule has 1 aliphatic heterocycles. The van der Waals surface area contributed by atoms with Crippen LogP contribution in [-0.4, -0.2) is 40.3 Å². The Hall–Kier alpha value is -1.67. The van der Waals surface area contributed by atoms with Crippen LogP contribution < -0.4 is 10.2 Å². The molecule has 1 amide bonds. The Kier molecular flexibility index (Phi) is 4.79. The first-order valence-electron chi connectivity index (χ1n) is 6.72. The fraction of sp³-hybridized carbons (Fsp3) is 0.615. The van der Waals surface area contributed by atoms with Crippen molar-refractivity contribution in [2.75, 3.05) is 13.2 Å². The molecule has 8 heteroatoms. The molecule has 0 bridgehead atoms. The Labute approximate surface area is 125 Å².